The van der Waals surface area contributed by atoms with Gasteiger partial charge in [0.05, 0.1) is 0 Å². The Balaban J connectivity index is 2.26. The highest BCUT2D eigenvalue weighted by molar-refractivity contribution is 4.91. The van der Waals surface area contributed by atoms with Crippen LogP contribution in [0.25, 0.3) is 0 Å². The predicted molar refractivity (Wildman–Crippen MR) is 57.7 cm³/mol. The largest absolute Gasteiger partial charge is 0.386 e. The lowest BCUT2D eigenvalue weighted by atomic mass is 10.0. The first kappa shape index (κ1) is 10.6. The van der Waals surface area contributed by atoms with Gasteiger partial charge in [-0.05, 0) is 33.6 Å². The molecule has 2 heteroatoms. The number of rotatable bonds is 3. The second kappa shape index (κ2) is 4.66. The van der Waals surface area contributed by atoms with Crippen molar-refractivity contribution in [3.8, 4) is 0 Å². The minimum absolute atomic E-state index is 0.660. The Kier molecular flexibility index (Phi) is 3.79. The summed E-state index contributed by atoms with van der Waals surface area (Å²) < 4.78 is 0. The van der Waals surface area contributed by atoms with Gasteiger partial charge in [0.25, 0.3) is 0 Å². The van der Waals surface area contributed by atoms with Crippen molar-refractivity contribution in [2.75, 3.05) is 13.1 Å². The van der Waals surface area contributed by atoms with E-state index in [1.165, 1.54) is 25.9 Å². The van der Waals surface area contributed by atoms with Crippen LogP contribution in [0.5, 0.6) is 0 Å². The minimum atomic E-state index is 0.660. The first-order chi connectivity index (χ1) is 6.09. The molecule has 0 saturated carbocycles. The van der Waals surface area contributed by atoms with E-state index in [-0.39, 0.29) is 0 Å². The van der Waals surface area contributed by atoms with Gasteiger partial charge in [-0.1, -0.05) is 6.58 Å². The maximum Gasteiger partial charge on any atom is 0.0282 e. The molecule has 0 aromatic carbocycles. The normalized spacial score (nSPS) is 20.6. The maximum atomic E-state index is 3.88. The second-order valence-electron chi connectivity index (χ2n) is 4.33. The molecular formula is C11H22N2. The molecule has 1 aliphatic rings. The quantitative estimate of drug-likeness (QED) is 0.718. The number of hydrogen-bond acceptors (Lipinski definition) is 2. The van der Waals surface area contributed by atoms with Crippen molar-refractivity contribution in [1.82, 2.24) is 10.2 Å². The highest BCUT2D eigenvalue weighted by Gasteiger charge is 2.19. The molecule has 1 fully saturated rings. The van der Waals surface area contributed by atoms with Crippen LogP contribution in [0.1, 0.15) is 33.6 Å². The fraction of sp³-hybridized carbons (Fsp3) is 0.818. The van der Waals surface area contributed by atoms with E-state index in [1.54, 1.807) is 0 Å². The lowest BCUT2D eigenvalue weighted by Crippen LogP contribution is -2.44. The third kappa shape index (κ3) is 3.39. The van der Waals surface area contributed by atoms with Crippen LogP contribution in [0.15, 0.2) is 12.3 Å². The molecule has 76 valence electrons. The fourth-order valence-electron chi connectivity index (χ4n) is 1.91. The van der Waals surface area contributed by atoms with Gasteiger partial charge in [-0.3, -0.25) is 0 Å². The molecule has 0 spiro atoms. The molecule has 0 radical (unpaired) electrons. The van der Waals surface area contributed by atoms with Crippen molar-refractivity contribution >= 4 is 0 Å². The summed E-state index contributed by atoms with van der Waals surface area (Å²) in [5.41, 5.74) is 1.10. The number of piperidine rings is 1. The molecule has 1 rings (SSSR count). The van der Waals surface area contributed by atoms with Crippen LogP contribution < -0.4 is 5.32 Å². The van der Waals surface area contributed by atoms with Gasteiger partial charge >= 0.3 is 0 Å². The Hall–Kier alpha value is -0.500. The molecule has 2 nitrogen and oxygen atoms in total. The summed E-state index contributed by atoms with van der Waals surface area (Å²) in [5.74, 6) is 0. The lowest BCUT2D eigenvalue weighted by Gasteiger charge is -2.35. The monoisotopic (exact) mass is 182 g/mol. The third-order valence-corrected chi connectivity index (χ3v) is 2.71. The van der Waals surface area contributed by atoms with Crippen LogP contribution in [0.4, 0.5) is 0 Å². The zero-order chi connectivity index (χ0) is 9.84. The van der Waals surface area contributed by atoms with Crippen LogP contribution >= 0.6 is 0 Å². The summed E-state index contributed by atoms with van der Waals surface area (Å²) in [6, 6.07) is 1.36. The average molecular weight is 182 g/mol. The Morgan fingerprint density at radius 1 is 1.38 bits per heavy atom. The average Bonchev–Trinajstić information content (AvgIpc) is 2.04. The molecule has 1 aliphatic heterocycles. The Morgan fingerprint density at radius 2 is 1.92 bits per heavy atom. The first-order valence-electron chi connectivity index (χ1n) is 5.25. The molecule has 0 unspecified atom stereocenters. The van der Waals surface area contributed by atoms with Crippen molar-refractivity contribution in [1.29, 1.82) is 0 Å². The van der Waals surface area contributed by atoms with Crippen molar-refractivity contribution in [3.63, 3.8) is 0 Å². The highest BCUT2D eigenvalue weighted by Crippen LogP contribution is 2.13. The van der Waals surface area contributed by atoms with Gasteiger partial charge in [0.1, 0.15) is 0 Å². The molecule has 0 bridgehead atoms. The number of allylic oxidation sites excluding steroid dienone is 1. The Morgan fingerprint density at radius 3 is 2.31 bits per heavy atom. The van der Waals surface area contributed by atoms with Crippen molar-refractivity contribution < 1.29 is 0 Å². The van der Waals surface area contributed by atoms with Crippen molar-refractivity contribution in [2.45, 2.75) is 45.7 Å². The molecule has 13 heavy (non-hydrogen) atoms. The molecular weight excluding hydrogens is 160 g/mol. The van der Waals surface area contributed by atoms with Crippen LogP contribution in [-0.4, -0.2) is 30.1 Å². The van der Waals surface area contributed by atoms with E-state index in [2.05, 4.69) is 30.6 Å². The number of nitrogens with one attached hydrogen (secondary N) is 1. The second-order valence-corrected chi connectivity index (χ2v) is 4.33. The van der Waals surface area contributed by atoms with E-state index in [0.29, 0.717) is 12.1 Å². The third-order valence-electron chi connectivity index (χ3n) is 2.71. The van der Waals surface area contributed by atoms with E-state index < -0.39 is 0 Å². The van der Waals surface area contributed by atoms with Crippen LogP contribution in [0, 0.1) is 0 Å². The zero-order valence-corrected chi connectivity index (χ0v) is 9.14. The zero-order valence-electron chi connectivity index (χ0n) is 9.14. The van der Waals surface area contributed by atoms with E-state index >= 15 is 0 Å². The minimum Gasteiger partial charge on any atom is -0.386 e. The molecule has 0 aliphatic carbocycles. The number of hydrogen-bond donors (Lipinski definition) is 1. The molecule has 0 atom stereocenters. The standard InChI is InChI=1S/C11H22N2/c1-9(2)12-11-5-7-13(8-6-11)10(3)4/h10-12H,1,5-8H2,2-4H3. The van der Waals surface area contributed by atoms with Crippen molar-refractivity contribution in [3.05, 3.63) is 12.3 Å². The summed E-state index contributed by atoms with van der Waals surface area (Å²) in [6.45, 7) is 12.9. The Labute approximate surface area is 82.0 Å². The van der Waals surface area contributed by atoms with Crippen LogP contribution in [0.3, 0.4) is 0 Å². The highest BCUT2D eigenvalue weighted by atomic mass is 15.2. The summed E-state index contributed by atoms with van der Waals surface area (Å²) >= 11 is 0. The molecule has 1 heterocycles. The fourth-order valence-corrected chi connectivity index (χ4v) is 1.91. The summed E-state index contributed by atoms with van der Waals surface area (Å²) in [4.78, 5) is 2.54. The predicted octanol–water partition coefficient (Wildman–Crippen LogP) is 1.98. The van der Waals surface area contributed by atoms with E-state index in [1.807, 2.05) is 6.92 Å². The molecule has 0 aromatic heterocycles. The smallest absolute Gasteiger partial charge is 0.0282 e. The summed E-state index contributed by atoms with van der Waals surface area (Å²) in [6.07, 6.45) is 2.51. The number of nitrogens with zero attached hydrogens (tertiary/aromatic N) is 1. The number of likely N-dealkylation sites (tertiary alicyclic amines) is 1. The molecule has 0 aromatic rings. The van der Waals surface area contributed by atoms with Gasteiger partial charge in [-0.15, -0.1) is 0 Å². The maximum absolute atomic E-state index is 3.88. The van der Waals surface area contributed by atoms with E-state index in [0.717, 1.165) is 5.70 Å². The molecule has 0 amide bonds. The molecule has 1 saturated heterocycles. The van der Waals surface area contributed by atoms with Gasteiger partial charge in [0, 0.05) is 30.9 Å². The van der Waals surface area contributed by atoms with Gasteiger partial charge < -0.3 is 10.2 Å². The van der Waals surface area contributed by atoms with Gasteiger partial charge in [-0.2, -0.15) is 0 Å². The van der Waals surface area contributed by atoms with E-state index in [9.17, 15) is 0 Å². The van der Waals surface area contributed by atoms with Crippen molar-refractivity contribution in [2.24, 2.45) is 0 Å². The lowest BCUT2D eigenvalue weighted by molar-refractivity contribution is 0.165. The summed E-state index contributed by atoms with van der Waals surface area (Å²) in [5, 5.41) is 3.42. The van der Waals surface area contributed by atoms with E-state index in [4.69, 9.17) is 0 Å². The van der Waals surface area contributed by atoms with Gasteiger partial charge in [0.15, 0.2) is 0 Å². The summed E-state index contributed by atoms with van der Waals surface area (Å²) in [7, 11) is 0. The van der Waals surface area contributed by atoms with Gasteiger partial charge in [0.2, 0.25) is 0 Å². The first-order valence-corrected chi connectivity index (χ1v) is 5.25. The van der Waals surface area contributed by atoms with Crippen LogP contribution in [0.2, 0.25) is 0 Å². The topological polar surface area (TPSA) is 15.3 Å². The SMILES string of the molecule is C=C(C)NC1CCN(C(C)C)CC1. The van der Waals surface area contributed by atoms with Gasteiger partial charge in [-0.25, -0.2) is 0 Å². The van der Waals surface area contributed by atoms with Crippen LogP contribution in [-0.2, 0) is 0 Å². The molecule has 1 N–H and O–H groups in total. The Bertz CT molecular complexity index is 167.